The van der Waals surface area contributed by atoms with E-state index >= 15 is 0 Å². The molecule has 0 spiro atoms. The Morgan fingerprint density at radius 1 is 0.408 bits per heavy atom. The Morgan fingerprint density at radius 3 is 1.16 bits per heavy atom. The fourth-order valence-electron chi connectivity index (χ4n) is 7.58. The smallest absolute Gasteiger partial charge is 0.339 e. The second-order valence-corrected chi connectivity index (χ2v) is 17.5. The quantitative estimate of drug-likeness (QED) is 0.0233. The first-order valence-corrected chi connectivity index (χ1v) is 25.5. The lowest BCUT2D eigenvalue weighted by molar-refractivity contribution is 0.0458. The highest BCUT2D eigenvalue weighted by Crippen LogP contribution is 2.26. The molecule has 0 atom stereocenters. The van der Waals surface area contributed by atoms with Gasteiger partial charge in [0.2, 0.25) is 0 Å². The van der Waals surface area contributed by atoms with Gasteiger partial charge in [-0.1, -0.05) is 36.9 Å². The fraction of sp³-hybridized carbons (Fsp3) is 0.258. The van der Waals surface area contributed by atoms with Gasteiger partial charge in [-0.05, 0) is 208 Å². The van der Waals surface area contributed by atoms with Crippen molar-refractivity contribution in [1.82, 2.24) is 0 Å². The monoisotopic (exact) mass is 1020 g/mol. The first-order valence-electron chi connectivity index (χ1n) is 25.5. The van der Waals surface area contributed by atoms with Crippen molar-refractivity contribution in [3.63, 3.8) is 0 Å². The highest BCUT2D eigenvalue weighted by atomic mass is 16.5. The number of methoxy groups -OCH3 is 2. The molecule has 0 amide bonds. The van der Waals surface area contributed by atoms with Crippen LogP contribution < -0.4 is 28.4 Å². The van der Waals surface area contributed by atoms with E-state index in [9.17, 15) is 9.59 Å². The summed E-state index contributed by atoms with van der Waals surface area (Å²) >= 11 is 0. The van der Waals surface area contributed by atoms with E-state index in [-0.39, 0.29) is 24.3 Å². The van der Waals surface area contributed by atoms with E-state index in [0.29, 0.717) is 43.5 Å². The molecule has 0 unspecified atom stereocenters. The predicted molar refractivity (Wildman–Crippen MR) is 294 cm³/mol. The third-order valence-electron chi connectivity index (χ3n) is 11.8. The van der Waals surface area contributed by atoms with Gasteiger partial charge in [0.15, 0.2) is 0 Å². The number of esters is 2. The average Bonchev–Trinajstić information content (AvgIpc) is 3.47. The number of ether oxygens (including phenoxy) is 8. The minimum atomic E-state index is -0.537. The van der Waals surface area contributed by atoms with E-state index in [1.807, 2.05) is 146 Å². The zero-order valence-electron chi connectivity index (χ0n) is 43.1. The lowest BCUT2D eigenvalue weighted by atomic mass is 10.0. The molecule has 0 aliphatic carbocycles. The molecule has 0 aliphatic rings. The van der Waals surface area contributed by atoms with Crippen LogP contribution in [-0.2, 0) is 22.7 Å². The molecule has 14 heteroatoms. The molecule has 14 nitrogen and oxygen atoms in total. The number of hydrogen-bond acceptors (Lipinski definition) is 14. The average molecular weight is 1030 g/mol. The second-order valence-electron chi connectivity index (χ2n) is 17.5. The van der Waals surface area contributed by atoms with Gasteiger partial charge in [0.05, 0.1) is 74.5 Å². The van der Waals surface area contributed by atoms with Gasteiger partial charge in [0.1, 0.15) is 47.7 Å². The van der Waals surface area contributed by atoms with Crippen LogP contribution in [0.2, 0.25) is 0 Å². The first kappa shape index (κ1) is 55.0. The molecule has 0 saturated carbocycles. The molecule has 76 heavy (non-hydrogen) atoms. The van der Waals surface area contributed by atoms with Crippen LogP contribution in [0.15, 0.2) is 191 Å². The lowest BCUT2D eigenvalue weighted by Crippen LogP contribution is -2.10. The standard InChI is InChI=1S/C62H64N4O10/c1-4-48-43-49(61(67)75-44-46-15-13-17-58(41-46)73-39-11-7-5-9-37-71-56-32-24-52(25-33-56)65-63-50-20-28-54(69-2)29-21-50)19-36-60(48)62(68)76-45-47-16-14-18-59(42-47)74-40-12-8-6-10-38-72-57-34-26-53(27-35-57)66-64-51-22-30-55(70-3)31-23-51/h4,13-36,41-43H,1,5-12,37-40,44-45H2,2-3H3. The number of azo groups is 2. The molecular formula is C62H64N4O10. The Morgan fingerprint density at radius 2 is 0.776 bits per heavy atom. The van der Waals surface area contributed by atoms with Crippen LogP contribution >= 0.6 is 0 Å². The number of nitrogens with zero attached hydrogens (tertiary/aromatic N) is 4. The normalized spacial score (nSPS) is 11.0. The van der Waals surface area contributed by atoms with Crippen molar-refractivity contribution in [2.24, 2.45) is 20.5 Å². The SMILES string of the molecule is C=Cc1cc(C(=O)OCc2cccc(OCCCCCCOc3ccc(N=Nc4ccc(OC)cc4)cc3)c2)ccc1C(=O)OCc1cccc(OCCCCCCOc2ccc(N=Nc3ccc(OC)cc3)cc2)c1. The molecule has 7 aromatic rings. The molecule has 7 rings (SSSR count). The lowest BCUT2D eigenvalue weighted by Gasteiger charge is -2.11. The maximum absolute atomic E-state index is 13.2. The second kappa shape index (κ2) is 30.4. The minimum Gasteiger partial charge on any atom is -0.497 e. The molecule has 392 valence electrons. The number of rotatable bonds is 31. The Balaban J connectivity index is 0.727. The Labute approximate surface area is 445 Å². The van der Waals surface area contributed by atoms with Crippen LogP contribution in [-0.4, -0.2) is 52.6 Å². The van der Waals surface area contributed by atoms with Crippen LogP contribution in [0.4, 0.5) is 22.7 Å². The highest BCUT2D eigenvalue weighted by Gasteiger charge is 2.16. The van der Waals surface area contributed by atoms with E-state index in [1.165, 1.54) is 6.08 Å². The number of unbranched alkanes of at least 4 members (excludes halogenated alkanes) is 6. The van der Waals surface area contributed by atoms with Crippen LogP contribution in [0.25, 0.3) is 6.08 Å². The number of benzene rings is 7. The minimum absolute atomic E-state index is 0.0470. The van der Waals surface area contributed by atoms with Crippen molar-refractivity contribution < 1.29 is 47.5 Å². The molecule has 0 aromatic heterocycles. The Hall–Kier alpha value is -8.78. The number of hydrogen-bond donors (Lipinski definition) is 0. The van der Waals surface area contributed by atoms with Crippen molar-refractivity contribution in [2.75, 3.05) is 40.6 Å². The highest BCUT2D eigenvalue weighted by molar-refractivity contribution is 5.97. The summed E-state index contributed by atoms with van der Waals surface area (Å²) in [7, 11) is 3.26. The number of carbonyl (C=O) groups is 2. The van der Waals surface area contributed by atoms with E-state index in [2.05, 4.69) is 27.0 Å². The summed E-state index contributed by atoms with van der Waals surface area (Å²) < 4.78 is 45.5. The van der Waals surface area contributed by atoms with Crippen LogP contribution in [0.1, 0.15) is 88.8 Å². The molecular weight excluding hydrogens is 961 g/mol. The van der Waals surface area contributed by atoms with Gasteiger partial charge in [-0.25, -0.2) is 9.59 Å². The zero-order valence-corrected chi connectivity index (χ0v) is 43.1. The molecule has 0 fully saturated rings. The maximum atomic E-state index is 13.2. The summed E-state index contributed by atoms with van der Waals surface area (Å²) in [6.45, 7) is 6.33. The van der Waals surface area contributed by atoms with E-state index in [0.717, 1.165) is 108 Å². The molecule has 0 bridgehead atoms. The molecule has 0 heterocycles. The summed E-state index contributed by atoms with van der Waals surface area (Å²) in [6, 6.07) is 49.6. The topological polar surface area (TPSA) is 157 Å². The zero-order chi connectivity index (χ0) is 53.0. The summed E-state index contributed by atoms with van der Waals surface area (Å²) in [4.78, 5) is 26.3. The van der Waals surface area contributed by atoms with Crippen molar-refractivity contribution in [3.8, 4) is 34.5 Å². The number of carbonyl (C=O) groups excluding carboxylic acids is 2. The molecule has 0 N–H and O–H groups in total. The van der Waals surface area contributed by atoms with Crippen molar-refractivity contribution in [1.29, 1.82) is 0 Å². The van der Waals surface area contributed by atoms with Crippen molar-refractivity contribution in [3.05, 3.63) is 198 Å². The van der Waals surface area contributed by atoms with Gasteiger partial charge in [-0.3, -0.25) is 0 Å². The summed E-state index contributed by atoms with van der Waals surface area (Å²) in [5, 5.41) is 17.1. The summed E-state index contributed by atoms with van der Waals surface area (Å²) in [5.41, 5.74) is 5.60. The summed E-state index contributed by atoms with van der Waals surface area (Å²) in [6.07, 6.45) is 9.18. The molecule has 0 radical (unpaired) electrons. The first-order chi connectivity index (χ1) is 37.3. The third-order valence-corrected chi connectivity index (χ3v) is 11.8. The molecule has 0 saturated heterocycles. The van der Waals surface area contributed by atoms with Crippen LogP contribution in [0.5, 0.6) is 34.5 Å². The van der Waals surface area contributed by atoms with Crippen LogP contribution in [0.3, 0.4) is 0 Å². The molecule has 7 aromatic carbocycles. The summed E-state index contributed by atoms with van der Waals surface area (Å²) in [5.74, 6) is 3.47. The van der Waals surface area contributed by atoms with E-state index in [4.69, 9.17) is 37.9 Å². The molecule has 0 aliphatic heterocycles. The van der Waals surface area contributed by atoms with E-state index in [1.54, 1.807) is 32.4 Å². The van der Waals surface area contributed by atoms with Crippen molar-refractivity contribution in [2.45, 2.75) is 64.6 Å². The van der Waals surface area contributed by atoms with Gasteiger partial charge < -0.3 is 37.9 Å². The van der Waals surface area contributed by atoms with Crippen LogP contribution in [0, 0.1) is 0 Å². The van der Waals surface area contributed by atoms with E-state index < -0.39 is 11.9 Å². The van der Waals surface area contributed by atoms with Gasteiger partial charge >= 0.3 is 11.9 Å². The van der Waals surface area contributed by atoms with Gasteiger partial charge in [-0.2, -0.15) is 20.5 Å². The van der Waals surface area contributed by atoms with Gasteiger partial charge in [-0.15, -0.1) is 0 Å². The van der Waals surface area contributed by atoms with Gasteiger partial charge in [0.25, 0.3) is 0 Å². The third kappa shape index (κ3) is 18.6. The maximum Gasteiger partial charge on any atom is 0.339 e. The Bertz CT molecular complexity index is 2960. The fourth-order valence-corrected chi connectivity index (χ4v) is 7.58. The predicted octanol–water partition coefficient (Wildman–Crippen LogP) is 15.9. The van der Waals surface area contributed by atoms with Crippen molar-refractivity contribution >= 4 is 40.8 Å². The largest absolute Gasteiger partial charge is 0.497 e. The Kier molecular flexibility index (Phi) is 22.0. The van der Waals surface area contributed by atoms with Gasteiger partial charge in [0, 0.05) is 0 Å².